The van der Waals surface area contributed by atoms with Crippen molar-refractivity contribution < 1.29 is 9.57 Å². The number of rotatable bonds is 4. The molecule has 4 heterocycles. The molecule has 25 heavy (non-hydrogen) atoms. The first kappa shape index (κ1) is 15.9. The number of ether oxygens (including phenoxy) is 1. The molecular weight excluding hydrogens is 320 g/mol. The largest absolute Gasteiger partial charge is 0.371 e. The Hall–Kier alpha value is -2.61. The van der Waals surface area contributed by atoms with Crippen LogP contribution in [0.15, 0.2) is 59.9 Å². The third kappa shape index (κ3) is 3.43. The van der Waals surface area contributed by atoms with Gasteiger partial charge < -0.3 is 4.74 Å². The smallest absolute Gasteiger partial charge is 0.257 e. The second-order valence-electron chi connectivity index (χ2n) is 5.82. The minimum atomic E-state index is -0.201. The maximum atomic E-state index is 12.0. The molecule has 1 atom stereocenters. The molecule has 4 rings (SSSR count). The van der Waals surface area contributed by atoms with Crippen LogP contribution < -0.4 is 5.56 Å². The molecule has 7 nitrogen and oxygen atoms in total. The van der Waals surface area contributed by atoms with Gasteiger partial charge in [0.1, 0.15) is 11.8 Å². The van der Waals surface area contributed by atoms with Gasteiger partial charge in [-0.05, 0) is 17.7 Å². The average Bonchev–Trinajstić information content (AvgIpc) is 2.67. The van der Waals surface area contributed by atoms with Gasteiger partial charge in [0, 0.05) is 43.0 Å². The first-order valence-corrected chi connectivity index (χ1v) is 8.16. The minimum absolute atomic E-state index is 0.104. The van der Waals surface area contributed by atoms with E-state index in [1.54, 1.807) is 18.6 Å². The van der Waals surface area contributed by atoms with Gasteiger partial charge in [-0.2, -0.15) is 5.06 Å². The van der Waals surface area contributed by atoms with Crippen molar-refractivity contribution in [2.45, 2.75) is 12.7 Å². The van der Waals surface area contributed by atoms with Crippen molar-refractivity contribution in [1.29, 1.82) is 0 Å². The van der Waals surface area contributed by atoms with E-state index in [-0.39, 0.29) is 11.7 Å². The second kappa shape index (κ2) is 7.10. The summed E-state index contributed by atoms with van der Waals surface area (Å²) in [5.41, 5.74) is 2.42. The molecule has 1 aliphatic rings. The molecule has 3 aromatic rings. The van der Waals surface area contributed by atoms with E-state index in [9.17, 15) is 4.79 Å². The van der Waals surface area contributed by atoms with E-state index in [1.807, 2.05) is 29.3 Å². The van der Waals surface area contributed by atoms with Gasteiger partial charge in [0.15, 0.2) is 0 Å². The molecule has 0 radical (unpaired) electrons. The summed E-state index contributed by atoms with van der Waals surface area (Å²) in [7, 11) is 0. The number of hydrogen-bond acceptors (Lipinski definition) is 6. The maximum absolute atomic E-state index is 12.0. The van der Waals surface area contributed by atoms with E-state index in [0.717, 1.165) is 11.1 Å². The zero-order valence-corrected chi connectivity index (χ0v) is 13.6. The number of morpholine rings is 1. The Morgan fingerprint density at radius 3 is 3.08 bits per heavy atom. The van der Waals surface area contributed by atoms with Crippen LogP contribution in [0.5, 0.6) is 0 Å². The predicted molar refractivity (Wildman–Crippen MR) is 90.8 cm³/mol. The lowest BCUT2D eigenvalue weighted by atomic mass is 10.1. The molecule has 1 saturated heterocycles. The van der Waals surface area contributed by atoms with Gasteiger partial charge in [-0.15, -0.1) is 0 Å². The summed E-state index contributed by atoms with van der Waals surface area (Å²) in [6.45, 7) is 2.28. The molecule has 3 aromatic heterocycles. The third-order valence-electron chi connectivity index (χ3n) is 4.16. The van der Waals surface area contributed by atoms with Crippen LogP contribution >= 0.6 is 0 Å². The fraction of sp³-hybridized carbons (Fsp3) is 0.278. The molecule has 0 aromatic carbocycles. The summed E-state index contributed by atoms with van der Waals surface area (Å²) in [6.07, 6.45) is 6.57. The van der Waals surface area contributed by atoms with Crippen LogP contribution in [0, 0.1) is 0 Å². The van der Waals surface area contributed by atoms with Crippen LogP contribution in [0.25, 0.3) is 5.65 Å². The van der Waals surface area contributed by atoms with E-state index in [4.69, 9.17) is 9.57 Å². The number of pyridine rings is 2. The fourth-order valence-electron chi connectivity index (χ4n) is 2.92. The summed E-state index contributed by atoms with van der Waals surface area (Å²) in [5, 5.41) is 1.89. The van der Waals surface area contributed by atoms with Crippen molar-refractivity contribution in [3.8, 4) is 0 Å². The SMILES string of the molecule is O=c1ccnc2c(C3CN(OCc4cccnc4)CCO3)cccn12. The number of aromatic nitrogens is 3. The van der Waals surface area contributed by atoms with E-state index in [1.165, 1.54) is 16.7 Å². The molecule has 0 spiro atoms. The van der Waals surface area contributed by atoms with Gasteiger partial charge >= 0.3 is 0 Å². The Kier molecular flexibility index (Phi) is 4.51. The van der Waals surface area contributed by atoms with Gasteiger partial charge in [0.2, 0.25) is 0 Å². The summed E-state index contributed by atoms with van der Waals surface area (Å²) in [4.78, 5) is 26.3. The van der Waals surface area contributed by atoms with Gasteiger partial charge in [-0.25, -0.2) is 4.98 Å². The number of nitrogens with zero attached hydrogens (tertiary/aromatic N) is 4. The highest BCUT2D eigenvalue weighted by Crippen LogP contribution is 2.25. The zero-order chi connectivity index (χ0) is 17.1. The minimum Gasteiger partial charge on any atom is -0.371 e. The number of hydroxylamine groups is 2. The van der Waals surface area contributed by atoms with Crippen LogP contribution in [0.4, 0.5) is 0 Å². The van der Waals surface area contributed by atoms with Crippen LogP contribution in [0.3, 0.4) is 0 Å². The van der Waals surface area contributed by atoms with E-state index in [2.05, 4.69) is 9.97 Å². The predicted octanol–water partition coefficient (Wildman–Crippen LogP) is 1.59. The highest BCUT2D eigenvalue weighted by atomic mass is 16.7. The van der Waals surface area contributed by atoms with Crippen LogP contribution in [0.2, 0.25) is 0 Å². The van der Waals surface area contributed by atoms with Crippen molar-refractivity contribution >= 4 is 5.65 Å². The van der Waals surface area contributed by atoms with Crippen molar-refractivity contribution in [3.05, 3.63) is 76.6 Å². The van der Waals surface area contributed by atoms with Crippen molar-refractivity contribution in [2.24, 2.45) is 0 Å². The molecule has 0 aliphatic carbocycles. The number of hydrogen-bond donors (Lipinski definition) is 0. The molecule has 7 heteroatoms. The summed E-state index contributed by atoms with van der Waals surface area (Å²) in [5.74, 6) is 0. The van der Waals surface area contributed by atoms with E-state index in [0.29, 0.717) is 32.0 Å². The average molecular weight is 338 g/mol. The summed E-state index contributed by atoms with van der Waals surface area (Å²) < 4.78 is 7.44. The Labute approximate surface area is 144 Å². The van der Waals surface area contributed by atoms with Crippen LogP contribution in [-0.4, -0.2) is 39.1 Å². The van der Waals surface area contributed by atoms with Crippen molar-refractivity contribution in [2.75, 3.05) is 19.7 Å². The molecule has 1 unspecified atom stereocenters. The Morgan fingerprint density at radius 2 is 2.20 bits per heavy atom. The first-order chi connectivity index (χ1) is 12.3. The van der Waals surface area contributed by atoms with E-state index < -0.39 is 0 Å². The second-order valence-corrected chi connectivity index (χ2v) is 5.82. The third-order valence-corrected chi connectivity index (χ3v) is 4.16. The van der Waals surface area contributed by atoms with Crippen LogP contribution in [0.1, 0.15) is 17.2 Å². The molecule has 0 bridgehead atoms. The quantitative estimate of drug-likeness (QED) is 0.720. The van der Waals surface area contributed by atoms with Crippen molar-refractivity contribution in [1.82, 2.24) is 19.4 Å². The molecule has 1 aliphatic heterocycles. The monoisotopic (exact) mass is 338 g/mol. The Balaban J connectivity index is 1.52. The summed E-state index contributed by atoms with van der Waals surface area (Å²) in [6, 6.07) is 9.09. The zero-order valence-electron chi connectivity index (χ0n) is 13.6. The van der Waals surface area contributed by atoms with Crippen molar-refractivity contribution in [3.63, 3.8) is 0 Å². The first-order valence-electron chi connectivity index (χ1n) is 8.16. The lowest BCUT2D eigenvalue weighted by Gasteiger charge is -2.32. The molecule has 0 N–H and O–H groups in total. The maximum Gasteiger partial charge on any atom is 0.257 e. The van der Waals surface area contributed by atoms with Gasteiger partial charge in [-0.1, -0.05) is 12.1 Å². The molecular formula is C18H18N4O3. The topological polar surface area (TPSA) is 69.0 Å². The van der Waals surface area contributed by atoms with Gasteiger partial charge in [-0.3, -0.25) is 19.0 Å². The molecule has 1 fully saturated rings. The lowest BCUT2D eigenvalue weighted by Crippen LogP contribution is -2.38. The highest BCUT2D eigenvalue weighted by molar-refractivity contribution is 5.48. The molecule has 0 saturated carbocycles. The van der Waals surface area contributed by atoms with Gasteiger partial charge in [0.25, 0.3) is 5.56 Å². The van der Waals surface area contributed by atoms with Gasteiger partial charge in [0.05, 0.1) is 19.8 Å². The summed E-state index contributed by atoms with van der Waals surface area (Å²) >= 11 is 0. The van der Waals surface area contributed by atoms with E-state index >= 15 is 0 Å². The normalized spacial score (nSPS) is 18.5. The fourth-order valence-corrected chi connectivity index (χ4v) is 2.92. The Bertz CT molecular complexity index is 913. The molecule has 0 amide bonds. The Morgan fingerprint density at radius 1 is 1.24 bits per heavy atom. The lowest BCUT2D eigenvalue weighted by molar-refractivity contribution is -0.220. The highest BCUT2D eigenvalue weighted by Gasteiger charge is 2.25. The molecule has 128 valence electrons. The number of fused-ring (bicyclic) bond motifs is 1. The van der Waals surface area contributed by atoms with Crippen LogP contribution in [-0.2, 0) is 16.2 Å². The standard InChI is InChI=1S/C18H18N4O3/c23-17-5-7-20-18-15(4-2-8-22(17)18)16-12-21(9-10-24-16)25-13-14-3-1-6-19-11-14/h1-8,11,16H,9-10,12-13H2.